The van der Waals surface area contributed by atoms with Crippen LogP contribution in [0.4, 0.5) is 0 Å². The maximum atomic E-state index is 9.44. The summed E-state index contributed by atoms with van der Waals surface area (Å²) in [5, 5.41) is 14.8. The number of hydrogen-bond acceptors (Lipinski definition) is 4. The first-order chi connectivity index (χ1) is 5.73. The number of aldehydes is 1. The maximum absolute atomic E-state index is 9.44. The van der Waals surface area contributed by atoms with Gasteiger partial charge in [0.1, 0.15) is 0 Å². The molecule has 0 bridgehead atoms. The van der Waals surface area contributed by atoms with Gasteiger partial charge in [0.05, 0.1) is 0 Å². The second-order valence-electron chi connectivity index (χ2n) is 1.77. The van der Waals surface area contributed by atoms with E-state index < -0.39 is 17.7 Å². The Bertz CT molecular complexity index is 163. The molecule has 6 heteroatoms. The average Bonchev–Trinajstić information content (AvgIpc) is 1.84. The Kier molecular flexibility index (Phi) is 17.3. The molecular weight excluding hydrogens is 180 g/mol. The molecule has 0 unspecified atom stereocenters. The van der Waals surface area contributed by atoms with E-state index in [1.165, 1.54) is 6.92 Å². The van der Waals surface area contributed by atoms with Gasteiger partial charge in [-0.3, -0.25) is 19.2 Å². The summed E-state index contributed by atoms with van der Waals surface area (Å²) in [6.07, 6.45) is 0.278. The third kappa shape index (κ3) is 8990. The first-order valence-electron chi connectivity index (χ1n) is 3.08. The molecule has 0 aromatic heterocycles. The molecular formula is C7H12O6. The van der Waals surface area contributed by atoms with Crippen molar-refractivity contribution in [2.45, 2.75) is 20.8 Å². The van der Waals surface area contributed by atoms with Gasteiger partial charge in [0.15, 0.2) is 12.1 Å². The fourth-order valence-electron chi connectivity index (χ4n) is 0. The van der Waals surface area contributed by atoms with E-state index in [4.69, 9.17) is 24.6 Å². The van der Waals surface area contributed by atoms with Crippen LogP contribution in [-0.2, 0) is 19.2 Å². The predicted octanol–water partition coefficient (Wildman–Crippen LogP) is -0.0439. The van der Waals surface area contributed by atoms with Crippen molar-refractivity contribution in [1.29, 1.82) is 0 Å². The van der Waals surface area contributed by atoms with Crippen LogP contribution in [0.15, 0.2) is 0 Å². The number of carbonyl (C=O) groups excluding carboxylic acids is 2. The highest BCUT2D eigenvalue weighted by Gasteiger charge is 1.76. The van der Waals surface area contributed by atoms with Crippen molar-refractivity contribution in [3.05, 3.63) is 0 Å². The summed E-state index contributed by atoms with van der Waals surface area (Å²) in [5.74, 6) is -2.09. The standard InChI is InChI=1S/C3H4O2.2C2H4O2/c1-3(5)2-4;2*1-2(3)4/h2H,1H3;2*1H3,(H,3,4). The normalized spacial score (nSPS) is 6.38. The van der Waals surface area contributed by atoms with Crippen molar-refractivity contribution in [3.63, 3.8) is 0 Å². The Hall–Kier alpha value is -1.72. The minimum absolute atomic E-state index is 0.278. The number of carbonyl (C=O) groups is 4. The highest BCUT2D eigenvalue weighted by molar-refractivity contribution is 6.23. The Balaban J connectivity index is -0.000000117. The molecule has 0 aliphatic carbocycles. The Morgan fingerprint density at radius 2 is 1.00 bits per heavy atom. The highest BCUT2D eigenvalue weighted by atomic mass is 16.4. The molecule has 0 aliphatic rings. The zero-order valence-corrected chi connectivity index (χ0v) is 7.60. The van der Waals surface area contributed by atoms with Gasteiger partial charge in [0, 0.05) is 20.8 Å². The smallest absolute Gasteiger partial charge is 0.300 e. The SMILES string of the molecule is CC(=O)C=O.CC(=O)O.CC(=O)O. The molecule has 0 radical (unpaired) electrons. The van der Waals surface area contributed by atoms with Gasteiger partial charge in [-0.05, 0) is 0 Å². The fourth-order valence-corrected chi connectivity index (χ4v) is 0. The van der Waals surface area contributed by atoms with Gasteiger partial charge in [0.25, 0.3) is 11.9 Å². The number of hydrogen-bond donors (Lipinski definition) is 2. The molecule has 0 aromatic carbocycles. The van der Waals surface area contributed by atoms with Crippen LogP contribution in [0.2, 0.25) is 0 Å². The molecule has 0 spiro atoms. The summed E-state index contributed by atoms with van der Waals surface area (Å²) < 4.78 is 0. The number of rotatable bonds is 1. The predicted molar refractivity (Wildman–Crippen MR) is 43.4 cm³/mol. The van der Waals surface area contributed by atoms with Gasteiger partial charge in [-0.2, -0.15) is 0 Å². The highest BCUT2D eigenvalue weighted by Crippen LogP contribution is 1.48. The molecule has 0 atom stereocenters. The van der Waals surface area contributed by atoms with Crippen molar-refractivity contribution >= 4 is 24.0 Å². The topological polar surface area (TPSA) is 109 Å². The summed E-state index contributed by atoms with van der Waals surface area (Å²) in [6, 6.07) is 0. The monoisotopic (exact) mass is 192 g/mol. The van der Waals surface area contributed by atoms with Gasteiger partial charge in [-0.25, -0.2) is 0 Å². The lowest BCUT2D eigenvalue weighted by Crippen LogP contribution is -1.85. The second kappa shape index (κ2) is 12.9. The summed E-state index contributed by atoms with van der Waals surface area (Å²) in [6.45, 7) is 3.38. The molecule has 0 saturated heterocycles. The second-order valence-corrected chi connectivity index (χ2v) is 1.77. The molecule has 0 fully saturated rings. The summed E-state index contributed by atoms with van der Waals surface area (Å²) in [4.78, 5) is 36.6. The van der Waals surface area contributed by atoms with Crippen molar-refractivity contribution in [2.75, 3.05) is 0 Å². The lowest BCUT2D eigenvalue weighted by molar-refractivity contribution is -0.135. The van der Waals surface area contributed by atoms with Crippen molar-refractivity contribution in [3.8, 4) is 0 Å². The first-order valence-corrected chi connectivity index (χ1v) is 3.08. The van der Waals surface area contributed by atoms with Crippen molar-refractivity contribution in [2.24, 2.45) is 0 Å². The minimum atomic E-state index is -0.833. The Morgan fingerprint density at radius 1 is 0.923 bits per heavy atom. The first kappa shape index (κ1) is 17.4. The van der Waals surface area contributed by atoms with Gasteiger partial charge < -0.3 is 10.2 Å². The van der Waals surface area contributed by atoms with Crippen LogP contribution in [0.5, 0.6) is 0 Å². The third-order valence-electron chi connectivity index (χ3n) is 0.166. The number of carboxylic acid groups (broad SMARTS) is 2. The fraction of sp³-hybridized carbons (Fsp3) is 0.429. The summed E-state index contributed by atoms with van der Waals surface area (Å²) >= 11 is 0. The number of ketones is 1. The Morgan fingerprint density at radius 3 is 1.00 bits per heavy atom. The quantitative estimate of drug-likeness (QED) is 0.445. The molecule has 0 heterocycles. The van der Waals surface area contributed by atoms with E-state index in [0.717, 1.165) is 13.8 Å². The number of carboxylic acids is 2. The van der Waals surface area contributed by atoms with E-state index in [1.807, 2.05) is 0 Å². The van der Waals surface area contributed by atoms with E-state index in [2.05, 4.69) is 0 Å². The molecule has 0 aromatic rings. The van der Waals surface area contributed by atoms with E-state index in [-0.39, 0.29) is 6.29 Å². The van der Waals surface area contributed by atoms with Crippen LogP contribution < -0.4 is 0 Å². The van der Waals surface area contributed by atoms with Crippen molar-refractivity contribution < 1.29 is 29.4 Å². The molecule has 2 N–H and O–H groups in total. The van der Waals surface area contributed by atoms with Gasteiger partial charge in [0.2, 0.25) is 0 Å². The molecule has 0 saturated carbocycles. The summed E-state index contributed by atoms with van der Waals surface area (Å²) in [5.41, 5.74) is 0. The number of Topliss-reactive ketones (excluding diaryl/α,β-unsaturated/α-hetero) is 1. The van der Waals surface area contributed by atoms with E-state index in [9.17, 15) is 4.79 Å². The van der Waals surface area contributed by atoms with E-state index >= 15 is 0 Å². The van der Waals surface area contributed by atoms with Crippen LogP contribution in [0.3, 0.4) is 0 Å². The average molecular weight is 192 g/mol. The van der Waals surface area contributed by atoms with Gasteiger partial charge in [-0.15, -0.1) is 0 Å². The van der Waals surface area contributed by atoms with Crippen LogP contribution in [0, 0.1) is 0 Å². The Labute approximate surface area is 75.2 Å². The van der Waals surface area contributed by atoms with Crippen LogP contribution >= 0.6 is 0 Å². The van der Waals surface area contributed by atoms with Crippen LogP contribution in [-0.4, -0.2) is 34.2 Å². The van der Waals surface area contributed by atoms with Gasteiger partial charge >= 0.3 is 0 Å². The zero-order chi connectivity index (χ0) is 11.4. The van der Waals surface area contributed by atoms with Crippen LogP contribution in [0.25, 0.3) is 0 Å². The third-order valence-corrected chi connectivity index (χ3v) is 0.166. The van der Waals surface area contributed by atoms with Crippen molar-refractivity contribution in [1.82, 2.24) is 0 Å². The molecule has 76 valence electrons. The van der Waals surface area contributed by atoms with E-state index in [1.54, 1.807) is 0 Å². The largest absolute Gasteiger partial charge is 0.481 e. The van der Waals surface area contributed by atoms with Crippen LogP contribution in [0.1, 0.15) is 20.8 Å². The number of aliphatic carboxylic acids is 2. The molecule has 13 heavy (non-hydrogen) atoms. The lowest BCUT2D eigenvalue weighted by Gasteiger charge is -1.59. The lowest BCUT2D eigenvalue weighted by atomic mass is 10.5. The molecule has 0 rings (SSSR count). The zero-order valence-electron chi connectivity index (χ0n) is 7.60. The summed E-state index contributed by atoms with van der Waals surface area (Å²) in [7, 11) is 0. The molecule has 6 nitrogen and oxygen atoms in total. The minimum Gasteiger partial charge on any atom is -0.481 e. The maximum Gasteiger partial charge on any atom is 0.300 e. The van der Waals surface area contributed by atoms with E-state index in [0.29, 0.717) is 0 Å². The molecule has 0 amide bonds. The van der Waals surface area contributed by atoms with Gasteiger partial charge in [-0.1, -0.05) is 0 Å². The molecule has 0 aliphatic heterocycles.